The van der Waals surface area contributed by atoms with E-state index in [-0.39, 0.29) is 32.5 Å². The van der Waals surface area contributed by atoms with E-state index in [1.165, 1.54) is 30.5 Å². The number of rotatable bonds is 6. The Balaban J connectivity index is 1.86. The second-order valence-electron chi connectivity index (χ2n) is 7.06. The molecule has 0 spiro atoms. The molecule has 0 saturated heterocycles. The molecule has 0 fully saturated rings. The number of hydrogen-bond donors (Lipinski definition) is 0. The quantitative estimate of drug-likeness (QED) is 0.276. The molecular weight excluding hydrogens is 545 g/mol. The van der Waals surface area contributed by atoms with Crippen LogP contribution in [0.2, 0.25) is 10.0 Å². The lowest BCUT2D eigenvalue weighted by molar-refractivity contribution is -0.411. The Kier molecular flexibility index (Phi) is 6.62. The Bertz CT molecular complexity index is 1510. The molecule has 0 amide bonds. The van der Waals surface area contributed by atoms with Gasteiger partial charge in [-0.25, -0.2) is 28.6 Å². The molecule has 1 unspecified atom stereocenters. The predicted octanol–water partition coefficient (Wildman–Crippen LogP) is 5.85. The highest BCUT2D eigenvalue weighted by molar-refractivity contribution is 6.32. The highest BCUT2D eigenvalue weighted by Gasteiger charge is 2.51. The first-order valence-electron chi connectivity index (χ1n) is 9.53. The van der Waals surface area contributed by atoms with E-state index in [0.29, 0.717) is 11.6 Å². The maximum atomic E-state index is 14.0. The molecule has 0 saturated carbocycles. The third-order valence-corrected chi connectivity index (χ3v) is 4.99. The minimum absolute atomic E-state index is 0.0123. The van der Waals surface area contributed by atoms with Crippen molar-refractivity contribution in [3.63, 3.8) is 0 Å². The molecule has 0 aliphatic heterocycles. The molecular formula is C20H10Cl2F6N4O4. The summed E-state index contributed by atoms with van der Waals surface area (Å²) in [4.78, 5) is 20.8. The lowest BCUT2D eigenvalue weighted by atomic mass is 10.1. The normalized spacial score (nSPS) is 13.2. The summed E-state index contributed by atoms with van der Waals surface area (Å²) in [6, 6.07) is 6.31. The molecule has 36 heavy (non-hydrogen) atoms. The number of alkyl halides is 6. The van der Waals surface area contributed by atoms with Gasteiger partial charge in [0, 0.05) is 17.3 Å². The van der Waals surface area contributed by atoms with Crippen molar-refractivity contribution in [1.29, 1.82) is 0 Å². The van der Waals surface area contributed by atoms with E-state index in [0.717, 1.165) is 4.68 Å². The smallest absolute Gasteiger partial charge is 0.409 e. The zero-order valence-electron chi connectivity index (χ0n) is 17.5. The van der Waals surface area contributed by atoms with Gasteiger partial charge in [-0.1, -0.05) is 23.2 Å². The van der Waals surface area contributed by atoms with Crippen molar-refractivity contribution in [3.05, 3.63) is 62.6 Å². The molecule has 0 aliphatic carbocycles. The van der Waals surface area contributed by atoms with E-state index in [9.17, 15) is 31.1 Å². The van der Waals surface area contributed by atoms with Gasteiger partial charge in [-0.3, -0.25) is 0 Å². The Labute approximate surface area is 206 Å². The van der Waals surface area contributed by atoms with Crippen molar-refractivity contribution in [3.8, 4) is 23.3 Å². The van der Waals surface area contributed by atoms with Crippen LogP contribution in [0.25, 0.3) is 28.3 Å². The van der Waals surface area contributed by atoms with Gasteiger partial charge >= 0.3 is 24.5 Å². The van der Waals surface area contributed by atoms with Crippen LogP contribution in [-0.4, -0.2) is 38.6 Å². The Morgan fingerprint density at radius 3 is 2.53 bits per heavy atom. The minimum atomic E-state index is -5.71. The van der Waals surface area contributed by atoms with Crippen molar-refractivity contribution >= 4 is 34.1 Å². The number of nitrogens with zero attached hydrogens (tertiary/aromatic N) is 4. The topological polar surface area (TPSA) is 92.3 Å². The Hall–Kier alpha value is -3.36. The standard InChI is InChI=1S/C20H10Cl2F6N4O4/c1-8-5-9(21)6-10-14(8)30-16(34-17(10)33)12-7-13(31-32(12)15-11(22)3-2-4-29-15)35-19(24,25)18(23)36-20(26,27)28/h2-7,18H,1H3. The van der Waals surface area contributed by atoms with Gasteiger partial charge in [-0.05, 0) is 36.8 Å². The molecule has 190 valence electrons. The summed E-state index contributed by atoms with van der Waals surface area (Å²) in [5.41, 5.74) is -0.639. The summed E-state index contributed by atoms with van der Waals surface area (Å²) in [5.74, 6) is -1.76. The van der Waals surface area contributed by atoms with Crippen LogP contribution in [0.5, 0.6) is 5.88 Å². The van der Waals surface area contributed by atoms with Gasteiger partial charge in [0.05, 0.1) is 15.9 Å². The summed E-state index contributed by atoms with van der Waals surface area (Å²) in [6.45, 7) is 1.59. The van der Waals surface area contributed by atoms with Crippen molar-refractivity contribution in [2.75, 3.05) is 0 Å². The third kappa shape index (κ3) is 5.24. The molecule has 0 N–H and O–H groups in total. The van der Waals surface area contributed by atoms with E-state index < -0.39 is 36.2 Å². The van der Waals surface area contributed by atoms with Gasteiger partial charge in [0.2, 0.25) is 11.8 Å². The van der Waals surface area contributed by atoms with Crippen LogP contribution in [0.1, 0.15) is 5.56 Å². The molecule has 1 aromatic carbocycles. The number of aromatic nitrogens is 4. The maximum absolute atomic E-state index is 14.0. The van der Waals surface area contributed by atoms with Crippen LogP contribution in [0, 0.1) is 6.92 Å². The fourth-order valence-corrected chi connectivity index (χ4v) is 3.52. The Morgan fingerprint density at radius 2 is 1.86 bits per heavy atom. The molecule has 1 atom stereocenters. The fourth-order valence-electron chi connectivity index (χ4n) is 3.04. The van der Waals surface area contributed by atoms with Crippen molar-refractivity contribution in [1.82, 2.24) is 19.7 Å². The average molecular weight is 555 g/mol. The first-order chi connectivity index (χ1) is 16.7. The number of aryl methyl sites for hydroxylation is 1. The lowest BCUT2D eigenvalue weighted by Gasteiger charge is -2.20. The molecule has 16 heteroatoms. The van der Waals surface area contributed by atoms with Crippen LogP contribution < -0.4 is 10.4 Å². The highest BCUT2D eigenvalue weighted by Crippen LogP contribution is 2.34. The maximum Gasteiger partial charge on any atom is 0.525 e. The van der Waals surface area contributed by atoms with Crippen LogP contribution in [0.3, 0.4) is 0 Å². The first-order valence-corrected chi connectivity index (χ1v) is 10.3. The van der Waals surface area contributed by atoms with Gasteiger partial charge in [0.15, 0.2) is 5.82 Å². The summed E-state index contributed by atoms with van der Waals surface area (Å²) in [5, 5.41) is 3.85. The van der Waals surface area contributed by atoms with Crippen LogP contribution in [0.4, 0.5) is 26.3 Å². The van der Waals surface area contributed by atoms with E-state index in [2.05, 4.69) is 24.5 Å². The predicted molar refractivity (Wildman–Crippen MR) is 113 cm³/mol. The Morgan fingerprint density at radius 1 is 1.14 bits per heavy atom. The molecule has 0 radical (unpaired) electrons. The first kappa shape index (κ1) is 25.7. The number of fused-ring (bicyclic) bond motifs is 1. The molecule has 3 heterocycles. The van der Waals surface area contributed by atoms with Gasteiger partial charge < -0.3 is 9.15 Å². The average Bonchev–Trinajstić information content (AvgIpc) is 3.16. The number of pyridine rings is 1. The second-order valence-corrected chi connectivity index (χ2v) is 7.90. The molecule has 3 aromatic heterocycles. The summed E-state index contributed by atoms with van der Waals surface area (Å²) in [6.07, 6.45) is -13.8. The minimum Gasteiger partial charge on any atom is -0.409 e. The van der Waals surface area contributed by atoms with Gasteiger partial charge in [0.1, 0.15) is 5.69 Å². The van der Waals surface area contributed by atoms with Gasteiger partial charge in [-0.2, -0.15) is 8.78 Å². The van der Waals surface area contributed by atoms with Crippen LogP contribution in [-0.2, 0) is 4.74 Å². The van der Waals surface area contributed by atoms with Crippen molar-refractivity contribution in [2.24, 2.45) is 0 Å². The largest absolute Gasteiger partial charge is 0.525 e. The van der Waals surface area contributed by atoms with E-state index in [4.69, 9.17) is 27.6 Å². The zero-order chi connectivity index (χ0) is 26.4. The van der Waals surface area contributed by atoms with Gasteiger partial charge in [-0.15, -0.1) is 18.3 Å². The monoisotopic (exact) mass is 554 g/mol. The number of benzene rings is 1. The highest BCUT2D eigenvalue weighted by atomic mass is 35.5. The summed E-state index contributed by atoms with van der Waals surface area (Å²) in [7, 11) is 0. The van der Waals surface area contributed by atoms with E-state index >= 15 is 0 Å². The van der Waals surface area contributed by atoms with E-state index in [1.54, 1.807) is 6.92 Å². The molecule has 4 aromatic rings. The molecule has 0 bridgehead atoms. The SMILES string of the molecule is Cc1cc(Cl)cc2c(=O)oc(-c3cc(OC(F)(F)C(F)OC(F)(F)F)nn3-c3ncccc3Cl)nc12. The molecule has 8 nitrogen and oxygen atoms in total. The zero-order valence-corrected chi connectivity index (χ0v) is 19.0. The molecule has 0 aliphatic rings. The van der Waals surface area contributed by atoms with Crippen molar-refractivity contribution in [2.45, 2.75) is 25.8 Å². The summed E-state index contributed by atoms with van der Waals surface area (Å²) < 4.78 is 90.9. The lowest BCUT2D eigenvalue weighted by Crippen LogP contribution is -2.41. The van der Waals surface area contributed by atoms with Crippen LogP contribution in [0.15, 0.2) is 45.7 Å². The van der Waals surface area contributed by atoms with Crippen molar-refractivity contribution < 1.29 is 40.2 Å². The molecule has 4 rings (SSSR count). The van der Waals surface area contributed by atoms with Crippen LogP contribution >= 0.6 is 23.2 Å². The number of halogens is 8. The van der Waals surface area contributed by atoms with E-state index in [1.807, 2.05) is 0 Å². The number of ether oxygens (including phenoxy) is 2. The second kappa shape index (κ2) is 9.26. The third-order valence-electron chi connectivity index (χ3n) is 4.48. The summed E-state index contributed by atoms with van der Waals surface area (Å²) >= 11 is 12.1. The number of hydrogen-bond acceptors (Lipinski definition) is 7. The van der Waals surface area contributed by atoms with Gasteiger partial charge in [0.25, 0.3) is 0 Å². The fraction of sp³-hybridized carbons (Fsp3) is 0.200.